The van der Waals surface area contributed by atoms with Gasteiger partial charge in [-0.05, 0) is 59.6 Å². The summed E-state index contributed by atoms with van der Waals surface area (Å²) in [6.45, 7) is 7.38. The molecule has 1 unspecified atom stereocenters. The second kappa shape index (κ2) is 8.21. The summed E-state index contributed by atoms with van der Waals surface area (Å²) in [7, 11) is -1.65. The van der Waals surface area contributed by atoms with Crippen molar-refractivity contribution >= 4 is 16.1 Å². The number of aryl methyl sites for hydroxylation is 1. The molecule has 2 aromatic carbocycles. The number of sulfonamides is 1. The number of aromatic nitrogens is 2. The minimum Gasteiger partial charge on any atom is -0.275 e. The SMILES string of the molecule is Cn1cc2c(n1)C=C1CCN(S(=O)(=O)c3ccc(C(C)(C)C)cc3)CC1(Cc1ccccc1)C2. The van der Waals surface area contributed by atoms with Gasteiger partial charge in [0.15, 0.2) is 0 Å². The van der Waals surface area contributed by atoms with Crippen LogP contribution >= 0.6 is 0 Å². The first-order valence-corrected chi connectivity index (χ1v) is 13.4. The molecule has 1 aromatic heterocycles. The molecule has 34 heavy (non-hydrogen) atoms. The van der Waals surface area contributed by atoms with E-state index in [0.29, 0.717) is 18.0 Å². The van der Waals surface area contributed by atoms with Crippen LogP contribution in [0.5, 0.6) is 0 Å². The van der Waals surface area contributed by atoms with E-state index in [-0.39, 0.29) is 10.8 Å². The summed E-state index contributed by atoms with van der Waals surface area (Å²) in [4.78, 5) is 0.376. The Morgan fingerprint density at radius 1 is 1.03 bits per heavy atom. The predicted octanol–water partition coefficient (Wildman–Crippen LogP) is 4.98. The van der Waals surface area contributed by atoms with Gasteiger partial charge in [-0.2, -0.15) is 9.40 Å². The van der Waals surface area contributed by atoms with E-state index in [1.807, 2.05) is 29.9 Å². The van der Waals surface area contributed by atoms with Crippen molar-refractivity contribution in [3.05, 3.63) is 88.8 Å². The van der Waals surface area contributed by atoms with Crippen molar-refractivity contribution in [2.75, 3.05) is 13.1 Å². The molecule has 0 saturated carbocycles. The van der Waals surface area contributed by atoms with Crippen LogP contribution in [-0.4, -0.2) is 35.6 Å². The monoisotopic (exact) mass is 475 g/mol. The van der Waals surface area contributed by atoms with E-state index in [2.05, 4.69) is 62.4 Å². The van der Waals surface area contributed by atoms with Crippen LogP contribution in [0, 0.1) is 5.41 Å². The topological polar surface area (TPSA) is 55.2 Å². The highest BCUT2D eigenvalue weighted by Gasteiger charge is 2.45. The molecule has 2 aliphatic rings. The standard InChI is InChI=1S/C28H33N3O2S/c1-27(2,3)23-10-12-25(13-11-23)34(32,33)31-15-14-24-16-26-22(19-30(4)29-26)18-28(24,20-31)17-21-8-6-5-7-9-21/h5-13,16,19H,14-15,17-18,20H2,1-4H3. The van der Waals surface area contributed by atoms with E-state index in [0.717, 1.165) is 30.5 Å². The Hall–Kier alpha value is -2.70. The van der Waals surface area contributed by atoms with Gasteiger partial charge in [-0.1, -0.05) is 68.8 Å². The lowest BCUT2D eigenvalue weighted by atomic mass is 9.66. The maximum atomic E-state index is 13.8. The summed E-state index contributed by atoms with van der Waals surface area (Å²) in [5.41, 5.74) is 5.61. The second-order valence-electron chi connectivity index (χ2n) is 10.9. The molecule has 0 amide bonds. The Kier molecular flexibility index (Phi) is 5.57. The van der Waals surface area contributed by atoms with Crippen LogP contribution in [0.3, 0.4) is 0 Å². The number of rotatable bonds is 4. The average molecular weight is 476 g/mol. The average Bonchev–Trinajstić information content (AvgIpc) is 3.15. The van der Waals surface area contributed by atoms with Gasteiger partial charge < -0.3 is 0 Å². The fourth-order valence-electron chi connectivity index (χ4n) is 5.46. The van der Waals surface area contributed by atoms with Crippen LogP contribution in [0.15, 0.2) is 71.3 Å². The Labute approximate surface area is 203 Å². The smallest absolute Gasteiger partial charge is 0.243 e. The lowest BCUT2D eigenvalue weighted by Gasteiger charge is -2.46. The minimum absolute atomic E-state index is 0.0175. The molecule has 5 nitrogen and oxygen atoms in total. The van der Waals surface area contributed by atoms with Gasteiger partial charge in [0.2, 0.25) is 10.0 Å². The number of hydrogen-bond acceptors (Lipinski definition) is 3. The molecule has 0 radical (unpaired) electrons. The van der Waals surface area contributed by atoms with Crippen LogP contribution in [0.25, 0.3) is 6.08 Å². The summed E-state index contributed by atoms with van der Waals surface area (Å²) in [5.74, 6) is 0. The van der Waals surface area contributed by atoms with Crippen molar-refractivity contribution in [1.82, 2.24) is 14.1 Å². The zero-order chi connectivity index (χ0) is 24.1. The van der Waals surface area contributed by atoms with Crippen LogP contribution in [0.2, 0.25) is 0 Å². The molecule has 0 bridgehead atoms. The zero-order valence-electron chi connectivity index (χ0n) is 20.5. The molecule has 1 saturated heterocycles. The van der Waals surface area contributed by atoms with Crippen LogP contribution in [0.4, 0.5) is 0 Å². The second-order valence-corrected chi connectivity index (χ2v) is 12.8. The van der Waals surface area contributed by atoms with Gasteiger partial charge in [-0.25, -0.2) is 8.42 Å². The Morgan fingerprint density at radius 2 is 1.74 bits per heavy atom. The normalized spacial score (nSPS) is 21.0. The molecule has 0 N–H and O–H groups in total. The first-order valence-electron chi connectivity index (χ1n) is 12.0. The third-order valence-electron chi connectivity index (χ3n) is 7.31. The number of hydrogen-bond donors (Lipinski definition) is 0. The molecule has 3 aromatic rings. The van der Waals surface area contributed by atoms with E-state index >= 15 is 0 Å². The summed E-state index contributed by atoms with van der Waals surface area (Å²) < 4.78 is 31.1. The van der Waals surface area contributed by atoms with Crippen LogP contribution in [-0.2, 0) is 35.3 Å². The zero-order valence-corrected chi connectivity index (χ0v) is 21.3. The molecule has 1 fully saturated rings. The molecule has 5 rings (SSSR count). The number of nitrogens with zero attached hydrogens (tertiary/aromatic N) is 3. The summed E-state index contributed by atoms with van der Waals surface area (Å²) in [5, 5.41) is 4.63. The number of benzene rings is 2. The fourth-order valence-corrected chi connectivity index (χ4v) is 6.99. The van der Waals surface area contributed by atoms with E-state index in [1.165, 1.54) is 16.7 Å². The third kappa shape index (κ3) is 4.14. The molecule has 2 heterocycles. The van der Waals surface area contributed by atoms with Gasteiger partial charge in [0.25, 0.3) is 0 Å². The van der Waals surface area contributed by atoms with Crippen molar-refractivity contribution in [3.8, 4) is 0 Å². The van der Waals surface area contributed by atoms with Crippen LogP contribution < -0.4 is 0 Å². The Bertz CT molecular complexity index is 1330. The molecule has 6 heteroatoms. The minimum atomic E-state index is -3.59. The molecule has 1 aliphatic carbocycles. The van der Waals surface area contributed by atoms with Gasteiger partial charge in [0, 0.05) is 31.7 Å². The maximum Gasteiger partial charge on any atom is 0.243 e. The highest BCUT2D eigenvalue weighted by atomic mass is 32.2. The number of piperidine rings is 1. The van der Waals surface area contributed by atoms with Crippen molar-refractivity contribution in [2.45, 2.75) is 50.3 Å². The third-order valence-corrected chi connectivity index (χ3v) is 9.17. The highest BCUT2D eigenvalue weighted by molar-refractivity contribution is 7.89. The van der Waals surface area contributed by atoms with E-state index in [4.69, 9.17) is 0 Å². The Balaban J connectivity index is 1.51. The maximum absolute atomic E-state index is 13.8. The lowest BCUT2D eigenvalue weighted by Crippen LogP contribution is -2.50. The first kappa shape index (κ1) is 23.1. The van der Waals surface area contributed by atoms with Crippen molar-refractivity contribution in [1.29, 1.82) is 0 Å². The lowest BCUT2D eigenvalue weighted by molar-refractivity contribution is 0.209. The van der Waals surface area contributed by atoms with Crippen molar-refractivity contribution in [3.63, 3.8) is 0 Å². The van der Waals surface area contributed by atoms with Gasteiger partial charge in [-0.3, -0.25) is 4.68 Å². The van der Waals surface area contributed by atoms with Crippen LogP contribution in [0.1, 0.15) is 49.6 Å². The van der Waals surface area contributed by atoms with Crippen molar-refractivity contribution in [2.24, 2.45) is 12.5 Å². The van der Waals surface area contributed by atoms with E-state index in [9.17, 15) is 8.42 Å². The Morgan fingerprint density at radius 3 is 2.41 bits per heavy atom. The molecule has 178 valence electrons. The highest BCUT2D eigenvalue weighted by Crippen LogP contribution is 2.46. The van der Waals surface area contributed by atoms with Gasteiger partial charge in [-0.15, -0.1) is 0 Å². The van der Waals surface area contributed by atoms with E-state index in [1.54, 1.807) is 16.4 Å². The number of fused-ring (bicyclic) bond motifs is 2. The molecule has 0 spiro atoms. The van der Waals surface area contributed by atoms with Gasteiger partial charge >= 0.3 is 0 Å². The van der Waals surface area contributed by atoms with Gasteiger partial charge in [0.05, 0.1) is 10.6 Å². The van der Waals surface area contributed by atoms with E-state index < -0.39 is 10.0 Å². The summed E-state index contributed by atoms with van der Waals surface area (Å²) >= 11 is 0. The van der Waals surface area contributed by atoms with Gasteiger partial charge in [0.1, 0.15) is 0 Å². The summed E-state index contributed by atoms with van der Waals surface area (Å²) in [6.07, 6.45) is 6.62. The summed E-state index contributed by atoms with van der Waals surface area (Å²) in [6, 6.07) is 17.9. The van der Waals surface area contributed by atoms with Crippen molar-refractivity contribution < 1.29 is 8.42 Å². The quantitative estimate of drug-likeness (QED) is 0.535. The molecule has 1 aliphatic heterocycles. The molecular formula is C28H33N3O2S. The fraction of sp³-hybridized carbons (Fsp3) is 0.393. The molecular weight excluding hydrogens is 442 g/mol. The largest absolute Gasteiger partial charge is 0.275 e. The molecule has 1 atom stereocenters. The predicted molar refractivity (Wildman–Crippen MR) is 136 cm³/mol. The first-order chi connectivity index (χ1) is 16.1.